The molecule has 0 amide bonds. The summed E-state index contributed by atoms with van der Waals surface area (Å²) in [4.78, 5) is 2.61. The Hall–Kier alpha value is -0.160. The molecule has 0 spiro atoms. The number of nitrogens with one attached hydrogen (secondary N) is 1. The van der Waals surface area contributed by atoms with Crippen molar-refractivity contribution in [1.29, 1.82) is 0 Å². The summed E-state index contributed by atoms with van der Waals surface area (Å²) in [7, 11) is 1.71. The van der Waals surface area contributed by atoms with Gasteiger partial charge < -0.3 is 14.8 Å². The lowest BCUT2D eigenvalue weighted by Crippen LogP contribution is -2.40. The summed E-state index contributed by atoms with van der Waals surface area (Å²) in [6, 6.07) is 1.32. The van der Waals surface area contributed by atoms with E-state index in [9.17, 15) is 0 Å². The highest BCUT2D eigenvalue weighted by molar-refractivity contribution is 4.81. The van der Waals surface area contributed by atoms with E-state index < -0.39 is 0 Å². The van der Waals surface area contributed by atoms with Crippen molar-refractivity contribution in [3.63, 3.8) is 0 Å². The Labute approximate surface area is 112 Å². The number of rotatable bonds is 10. The summed E-state index contributed by atoms with van der Waals surface area (Å²) in [6.45, 7) is 10.2. The molecule has 1 heterocycles. The van der Waals surface area contributed by atoms with Gasteiger partial charge in [0, 0.05) is 38.9 Å². The first kappa shape index (κ1) is 15.9. The number of ether oxygens (including phenoxy) is 2. The van der Waals surface area contributed by atoms with Crippen LogP contribution in [-0.2, 0) is 9.47 Å². The highest BCUT2D eigenvalue weighted by Crippen LogP contribution is 2.16. The Balaban J connectivity index is 2.05. The Morgan fingerprint density at radius 2 is 2.11 bits per heavy atom. The zero-order valence-electron chi connectivity index (χ0n) is 12.3. The molecule has 18 heavy (non-hydrogen) atoms. The molecular formula is C14H30N2O2. The van der Waals surface area contributed by atoms with Crippen LogP contribution in [0.3, 0.4) is 0 Å². The zero-order chi connectivity index (χ0) is 13.2. The van der Waals surface area contributed by atoms with Crippen LogP contribution in [0.2, 0.25) is 0 Å². The van der Waals surface area contributed by atoms with Gasteiger partial charge in [0.25, 0.3) is 0 Å². The molecule has 0 radical (unpaired) electrons. The second-order valence-electron chi connectivity index (χ2n) is 5.35. The van der Waals surface area contributed by atoms with Crippen molar-refractivity contribution in [2.45, 2.75) is 45.2 Å². The Bertz CT molecular complexity index is 200. The van der Waals surface area contributed by atoms with Gasteiger partial charge in [0.1, 0.15) is 0 Å². The van der Waals surface area contributed by atoms with Crippen LogP contribution in [0.15, 0.2) is 0 Å². The van der Waals surface area contributed by atoms with E-state index >= 15 is 0 Å². The van der Waals surface area contributed by atoms with Crippen LogP contribution in [-0.4, -0.2) is 63.5 Å². The second-order valence-corrected chi connectivity index (χ2v) is 5.35. The molecule has 1 saturated heterocycles. The molecule has 0 saturated carbocycles. The lowest BCUT2D eigenvalue weighted by molar-refractivity contribution is 0.0645. The maximum Gasteiger partial charge on any atom is 0.0700 e. The van der Waals surface area contributed by atoms with E-state index in [1.54, 1.807) is 7.11 Å². The molecule has 0 aromatic rings. The fourth-order valence-electron chi connectivity index (χ4n) is 2.41. The van der Waals surface area contributed by atoms with E-state index in [0.717, 1.165) is 38.8 Å². The van der Waals surface area contributed by atoms with Crippen molar-refractivity contribution in [2.75, 3.05) is 46.6 Å². The third-order valence-corrected chi connectivity index (χ3v) is 3.43. The summed E-state index contributed by atoms with van der Waals surface area (Å²) >= 11 is 0. The topological polar surface area (TPSA) is 33.7 Å². The van der Waals surface area contributed by atoms with Crippen LogP contribution in [0.5, 0.6) is 0 Å². The highest BCUT2D eigenvalue weighted by atomic mass is 16.5. The van der Waals surface area contributed by atoms with E-state index in [1.807, 2.05) is 0 Å². The van der Waals surface area contributed by atoms with Gasteiger partial charge in [-0.2, -0.15) is 0 Å². The van der Waals surface area contributed by atoms with Gasteiger partial charge in [0.2, 0.25) is 0 Å². The predicted octanol–water partition coefficient (Wildman–Crippen LogP) is 1.50. The fourth-order valence-corrected chi connectivity index (χ4v) is 2.41. The number of hydrogen-bond donors (Lipinski definition) is 1. The Morgan fingerprint density at radius 3 is 2.83 bits per heavy atom. The number of likely N-dealkylation sites (tertiary alicyclic amines) is 1. The molecule has 0 bridgehead atoms. The van der Waals surface area contributed by atoms with Gasteiger partial charge in [-0.3, -0.25) is 4.90 Å². The van der Waals surface area contributed by atoms with Gasteiger partial charge in [0.05, 0.1) is 13.2 Å². The van der Waals surface area contributed by atoms with E-state index in [4.69, 9.17) is 9.47 Å². The average Bonchev–Trinajstić information content (AvgIpc) is 2.78. The normalized spacial score (nSPS) is 21.0. The molecule has 0 aromatic carbocycles. The van der Waals surface area contributed by atoms with Crippen molar-refractivity contribution in [2.24, 2.45) is 0 Å². The third kappa shape index (κ3) is 6.69. The molecule has 1 unspecified atom stereocenters. The molecule has 1 rings (SSSR count). The molecule has 108 valence electrons. The summed E-state index contributed by atoms with van der Waals surface area (Å²) in [5.74, 6) is 0. The smallest absolute Gasteiger partial charge is 0.0700 e. The van der Waals surface area contributed by atoms with Crippen molar-refractivity contribution in [3.05, 3.63) is 0 Å². The van der Waals surface area contributed by atoms with Gasteiger partial charge in [-0.05, 0) is 25.8 Å². The van der Waals surface area contributed by atoms with Crippen molar-refractivity contribution >= 4 is 0 Å². The van der Waals surface area contributed by atoms with Crippen LogP contribution in [0.1, 0.15) is 33.1 Å². The van der Waals surface area contributed by atoms with Crippen molar-refractivity contribution in [3.8, 4) is 0 Å². The third-order valence-electron chi connectivity index (χ3n) is 3.43. The minimum atomic E-state index is 0.588. The molecule has 1 aliphatic heterocycles. The predicted molar refractivity (Wildman–Crippen MR) is 75.0 cm³/mol. The van der Waals surface area contributed by atoms with E-state index in [2.05, 4.69) is 24.1 Å². The molecule has 0 aliphatic carbocycles. The second kappa shape index (κ2) is 9.73. The van der Waals surface area contributed by atoms with Crippen molar-refractivity contribution in [1.82, 2.24) is 10.2 Å². The van der Waals surface area contributed by atoms with Crippen LogP contribution >= 0.6 is 0 Å². The van der Waals surface area contributed by atoms with Gasteiger partial charge in [-0.25, -0.2) is 0 Å². The number of nitrogens with zero attached hydrogens (tertiary/aromatic N) is 1. The minimum Gasteiger partial charge on any atom is -0.382 e. The summed E-state index contributed by atoms with van der Waals surface area (Å²) in [6.07, 6.45) is 3.81. The number of hydrogen-bond acceptors (Lipinski definition) is 4. The minimum absolute atomic E-state index is 0.588. The molecule has 4 nitrogen and oxygen atoms in total. The van der Waals surface area contributed by atoms with Crippen molar-refractivity contribution < 1.29 is 9.47 Å². The molecule has 4 heteroatoms. The van der Waals surface area contributed by atoms with Crippen LogP contribution in [0.25, 0.3) is 0 Å². The van der Waals surface area contributed by atoms with E-state index in [0.29, 0.717) is 12.6 Å². The first-order valence-corrected chi connectivity index (χ1v) is 7.28. The van der Waals surface area contributed by atoms with Gasteiger partial charge in [0.15, 0.2) is 0 Å². The van der Waals surface area contributed by atoms with Gasteiger partial charge in [-0.15, -0.1) is 0 Å². The molecule has 1 aliphatic rings. The lowest BCUT2D eigenvalue weighted by atomic mass is 10.2. The Morgan fingerprint density at radius 1 is 1.28 bits per heavy atom. The molecule has 0 aromatic heterocycles. The lowest BCUT2D eigenvalue weighted by Gasteiger charge is -2.25. The van der Waals surface area contributed by atoms with Crippen LogP contribution in [0, 0.1) is 0 Å². The molecule has 1 atom stereocenters. The molecule has 1 N–H and O–H groups in total. The highest BCUT2D eigenvalue weighted by Gasteiger charge is 2.23. The summed E-state index contributed by atoms with van der Waals surface area (Å²) in [5.41, 5.74) is 0. The average molecular weight is 258 g/mol. The summed E-state index contributed by atoms with van der Waals surface area (Å²) < 4.78 is 10.4. The molecule has 1 fully saturated rings. The largest absolute Gasteiger partial charge is 0.382 e. The van der Waals surface area contributed by atoms with E-state index in [1.165, 1.54) is 19.4 Å². The SMILES string of the molecule is COCCOCCCN1CCCC1CNC(C)C. The van der Waals surface area contributed by atoms with Gasteiger partial charge >= 0.3 is 0 Å². The number of methoxy groups -OCH3 is 1. The van der Waals surface area contributed by atoms with Crippen LogP contribution in [0.4, 0.5) is 0 Å². The quantitative estimate of drug-likeness (QED) is 0.602. The zero-order valence-corrected chi connectivity index (χ0v) is 12.3. The first-order chi connectivity index (χ1) is 8.74. The van der Waals surface area contributed by atoms with Crippen LogP contribution < -0.4 is 5.32 Å². The van der Waals surface area contributed by atoms with E-state index in [-0.39, 0.29) is 0 Å². The van der Waals surface area contributed by atoms with Gasteiger partial charge in [-0.1, -0.05) is 13.8 Å². The Kier molecular flexibility index (Phi) is 8.59. The standard InChI is InChI=1S/C14H30N2O2/c1-13(2)15-12-14-6-4-7-16(14)8-5-9-18-11-10-17-3/h13-15H,4-12H2,1-3H3. The first-order valence-electron chi connectivity index (χ1n) is 7.28. The fraction of sp³-hybridized carbons (Fsp3) is 1.00. The maximum atomic E-state index is 5.50. The monoisotopic (exact) mass is 258 g/mol. The summed E-state index contributed by atoms with van der Waals surface area (Å²) in [5, 5.41) is 3.55. The maximum absolute atomic E-state index is 5.50. The molecular weight excluding hydrogens is 228 g/mol.